The average molecular weight is 242 g/mol. The molecular weight excluding hydrogens is 220 g/mol. The molecule has 0 spiro atoms. The van der Waals surface area contributed by atoms with Gasteiger partial charge < -0.3 is 5.32 Å². The topological polar surface area (TPSA) is 35.8 Å². The van der Waals surface area contributed by atoms with Gasteiger partial charge in [0.05, 0.1) is 12.5 Å². The third kappa shape index (κ3) is 3.26. The van der Waals surface area contributed by atoms with Crippen molar-refractivity contribution in [1.29, 1.82) is 5.26 Å². The highest BCUT2D eigenvalue weighted by atomic mass is 14.9. The molecule has 1 N–H and O–H groups in total. The predicted molar refractivity (Wildman–Crippen MR) is 75.3 cm³/mol. The molecule has 1 saturated carbocycles. The van der Waals surface area contributed by atoms with Crippen LogP contribution in [-0.2, 0) is 6.42 Å². The van der Waals surface area contributed by atoms with Crippen molar-refractivity contribution in [2.45, 2.75) is 45.6 Å². The zero-order valence-electron chi connectivity index (χ0n) is 11.3. The van der Waals surface area contributed by atoms with E-state index in [1.807, 2.05) is 12.1 Å². The van der Waals surface area contributed by atoms with Gasteiger partial charge in [-0.1, -0.05) is 26.0 Å². The molecule has 0 aromatic heterocycles. The van der Waals surface area contributed by atoms with E-state index in [0.717, 1.165) is 17.4 Å². The Balaban J connectivity index is 1.91. The van der Waals surface area contributed by atoms with Crippen molar-refractivity contribution in [1.82, 2.24) is 0 Å². The highest BCUT2D eigenvalue weighted by Gasteiger charge is 2.24. The Kier molecular flexibility index (Phi) is 4.25. The first-order valence-electron chi connectivity index (χ1n) is 6.91. The Morgan fingerprint density at radius 3 is 2.50 bits per heavy atom. The summed E-state index contributed by atoms with van der Waals surface area (Å²) in [6.45, 7) is 4.71. The van der Waals surface area contributed by atoms with Crippen molar-refractivity contribution in [3.8, 4) is 6.07 Å². The second-order valence-corrected chi connectivity index (χ2v) is 5.64. The highest BCUT2D eigenvalue weighted by Crippen LogP contribution is 2.31. The van der Waals surface area contributed by atoms with E-state index in [0.29, 0.717) is 12.5 Å². The number of rotatable bonds is 3. The van der Waals surface area contributed by atoms with E-state index in [2.05, 4.69) is 37.4 Å². The molecule has 1 aromatic carbocycles. The molecular formula is C16H22N2. The van der Waals surface area contributed by atoms with Crippen molar-refractivity contribution < 1.29 is 0 Å². The van der Waals surface area contributed by atoms with E-state index in [9.17, 15) is 0 Å². The zero-order chi connectivity index (χ0) is 13.0. The van der Waals surface area contributed by atoms with Crippen LogP contribution in [0.1, 0.15) is 38.7 Å². The van der Waals surface area contributed by atoms with Crippen LogP contribution in [-0.4, -0.2) is 6.04 Å². The number of hydrogen-bond acceptors (Lipinski definition) is 2. The minimum atomic E-state index is 0.498. The molecule has 0 radical (unpaired) electrons. The largest absolute Gasteiger partial charge is 0.382 e. The number of hydrogen-bond donors (Lipinski definition) is 1. The molecule has 3 atom stereocenters. The smallest absolute Gasteiger partial charge is 0.0669 e. The van der Waals surface area contributed by atoms with Gasteiger partial charge in [-0.15, -0.1) is 0 Å². The maximum atomic E-state index is 8.64. The highest BCUT2D eigenvalue weighted by molar-refractivity contribution is 5.45. The Bertz CT molecular complexity index is 416. The summed E-state index contributed by atoms with van der Waals surface area (Å²) in [6, 6.07) is 11.1. The summed E-state index contributed by atoms with van der Waals surface area (Å²) in [6.07, 6.45) is 4.36. The molecule has 1 aromatic rings. The molecule has 0 aliphatic heterocycles. The van der Waals surface area contributed by atoms with E-state index in [1.54, 1.807) is 0 Å². The lowest BCUT2D eigenvalue weighted by Gasteiger charge is -2.33. The van der Waals surface area contributed by atoms with Crippen LogP contribution in [0.4, 0.5) is 5.69 Å². The summed E-state index contributed by atoms with van der Waals surface area (Å²) in [5.41, 5.74) is 2.28. The second-order valence-electron chi connectivity index (χ2n) is 5.64. The van der Waals surface area contributed by atoms with E-state index in [4.69, 9.17) is 5.26 Å². The molecule has 1 fully saturated rings. The number of benzene rings is 1. The summed E-state index contributed by atoms with van der Waals surface area (Å²) in [7, 11) is 0. The van der Waals surface area contributed by atoms with Crippen molar-refractivity contribution in [3.63, 3.8) is 0 Å². The van der Waals surface area contributed by atoms with Crippen LogP contribution in [0.3, 0.4) is 0 Å². The van der Waals surface area contributed by atoms with E-state index < -0.39 is 0 Å². The van der Waals surface area contributed by atoms with Crippen LogP contribution in [0.15, 0.2) is 24.3 Å². The van der Waals surface area contributed by atoms with Crippen LogP contribution in [0, 0.1) is 23.2 Å². The molecule has 96 valence electrons. The number of nitrogens with one attached hydrogen (secondary N) is 1. The molecule has 1 aliphatic rings. The molecule has 3 unspecified atom stereocenters. The molecule has 0 saturated heterocycles. The molecule has 2 nitrogen and oxygen atoms in total. The van der Waals surface area contributed by atoms with Crippen LogP contribution in [0.2, 0.25) is 0 Å². The first-order chi connectivity index (χ1) is 8.69. The van der Waals surface area contributed by atoms with Crippen molar-refractivity contribution >= 4 is 5.69 Å². The quantitative estimate of drug-likeness (QED) is 0.870. The van der Waals surface area contributed by atoms with Crippen molar-refractivity contribution in [2.24, 2.45) is 11.8 Å². The third-order valence-electron chi connectivity index (χ3n) is 4.21. The minimum Gasteiger partial charge on any atom is -0.382 e. The molecule has 2 rings (SSSR count). The fourth-order valence-corrected chi connectivity index (χ4v) is 2.72. The van der Waals surface area contributed by atoms with Crippen molar-refractivity contribution in [2.75, 3.05) is 5.32 Å². The van der Waals surface area contributed by atoms with Gasteiger partial charge in [0.2, 0.25) is 0 Å². The molecule has 2 heteroatoms. The Hall–Kier alpha value is -1.49. The summed E-state index contributed by atoms with van der Waals surface area (Å²) < 4.78 is 0. The standard InChI is InChI=1S/C16H22N2/c1-12-3-6-16(11-13(12)2)18-15-7-4-14(5-8-15)9-10-17/h4-5,7-8,12-13,16,18H,3,6,9,11H2,1-2H3. The van der Waals surface area contributed by atoms with Gasteiger partial charge in [-0.3, -0.25) is 0 Å². The number of nitrogens with zero attached hydrogens (tertiary/aromatic N) is 1. The Labute approximate surface area is 110 Å². The predicted octanol–water partition coefficient (Wildman–Crippen LogP) is 3.99. The second kappa shape index (κ2) is 5.91. The first kappa shape index (κ1) is 13.0. The average Bonchev–Trinajstić information content (AvgIpc) is 2.37. The normalized spacial score (nSPS) is 27.5. The summed E-state index contributed by atoms with van der Waals surface area (Å²) >= 11 is 0. The van der Waals surface area contributed by atoms with Gasteiger partial charge in [0, 0.05) is 11.7 Å². The van der Waals surface area contributed by atoms with Gasteiger partial charge in [0.15, 0.2) is 0 Å². The third-order valence-corrected chi connectivity index (χ3v) is 4.21. The van der Waals surface area contributed by atoms with E-state index >= 15 is 0 Å². The van der Waals surface area contributed by atoms with Crippen LogP contribution in [0.25, 0.3) is 0 Å². The molecule has 0 heterocycles. The lowest BCUT2D eigenvalue weighted by molar-refractivity contribution is 0.261. The van der Waals surface area contributed by atoms with Gasteiger partial charge in [0.25, 0.3) is 0 Å². The van der Waals surface area contributed by atoms with E-state index in [-0.39, 0.29) is 0 Å². The lowest BCUT2D eigenvalue weighted by Crippen LogP contribution is -2.30. The Morgan fingerprint density at radius 1 is 1.17 bits per heavy atom. The van der Waals surface area contributed by atoms with Crippen LogP contribution < -0.4 is 5.32 Å². The van der Waals surface area contributed by atoms with Crippen LogP contribution >= 0.6 is 0 Å². The fraction of sp³-hybridized carbons (Fsp3) is 0.562. The zero-order valence-corrected chi connectivity index (χ0v) is 11.3. The molecule has 1 aliphatic carbocycles. The van der Waals surface area contributed by atoms with Gasteiger partial charge >= 0.3 is 0 Å². The maximum Gasteiger partial charge on any atom is 0.0669 e. The van der Waals surface area contributed by atoms with Crippen molar-refractivity contribution in [3.05, 3.63) is 29.8 Å². The van der Waals surface area contributed by atoms with Crippen LogP contribution in [0.5, 0.6) is 0 Å². The lowest BCUT2D eigenvalue weighted by atomic mass is 9.79. The SMILES string of the molecule is CC1CCC(Nc2ccc(CC#N)cc2)CC1C. The summed E-state index contributed by atoms with van der Waals surface area (Å²) in [4.78, 5) is 0. The van der Waals surface area contributed by atoms with E-state index in [1.165, 1.54) is 24.9 Å². The van der Waals surface area contributed by atoms with Gasteiger partial charge in [-0.2, -0.15) is 5.26 Å². The number of nitriles is 1. The summed E-state index contributed by atoms with van der Waals surface area (Å²) in [5, 5.41) is 12.3. The number of anilines is 1. The molecule has 18 heavy (non-hydrogen) atoms. The molecule has 0 bridgehead atoms. The Morgan fingerprint density at radius 2 is 1.89 bits per heavy atom. The monoisotopic (exact) mass is 242 g/mol. The van der Waals surface area contributed by atoms with Gasteiger partial charge in [-0.05, 0) is 48.8 Å². The maximum absolute atomic E-state index is 8.64. The minimum absolute atomic E-state index is 0.498. The fourth-order valence-electron chi connectivity index (χ4n) is 2.72. The first-order valence-corrected chi connectivity index (χ1v) is 6.91. The van der Waals surface area contributed by atoms with Gasteiger partial charge in [-0.25, -0.2) is 0 Å². The molecule has 0 amide bonds. The summed E-state index contributed by atoms with van der Waals surface area (Å²) in [5.74, 6) is 1.68. The van der Waals surface area contributed by atoms with Gasteiger partial charge in [0.1, 0.15) is 0 Å².